The van der Waals surface area contributed by atoms with Crippen LogP contribution in [0.4, 0.5) is 0 Å². The van der Waals surface area contributed by atoms with E-state index < -0.39 is 0 Å². The zero-order valence-corrected chi connectivity index (χ0v) is 12.9. The van der Waals surface area contributed by atoms with Crippen molar-refractivity contribution >= 4 is 27.3 Å². The molecule has 0 aliphatic heterocycles. The summed E-state index contributed by atoms with van der Waals surface area (Å²) < 4.78 is 1.26. The Balaban J connectivity index is 2.26. The number of rotatable bonds is 7. The number of hydrogen-bond acceptors (Lipinski definition) is 2. The van der Waals surface area contributed by atoms with Gasteiger partial charge in [-0.3, -0.25) is 0 Å². The second kappa shape index (κ2) is 7.46. The third-order valence-corrected chi connectivity index (χ3v) is 4.56. The third kappa shape index (κ3) is 4.98. The zero-order chi connectivity index (χ0) is 12.0. The molecule has 0 aliphatic carbocycles. The molecule has 1 aromatic rings. The molecule has 1 rings (SSSR count). The van der Waals surface area contributed by atoms with Gasteiger partial charge in [0, 0.05) is 4.88 Å². The lowest BCUT2D eigenvalue weighted by molar-refractivity contribution is 0.474. The van der Waals surface area contributed by atoms with Crippen LogP contribution < -0.4 is 5.32 Å². The first-order valence-corrected chi connectivity index (χ1v) is 7.70. The van der Waals surface area contributed by atoms with Crippen molar-refractivity contribution in [3.63, 3.8) is 0 Å². The highest BCUT2D eigenvalue weighted by Gasteiger charge is 2.06. The molecule has 0 fully saturated rings. The second-order valence-electron chi connectivity index (χ2n) is 4.42. The fourth-order valence-electron chi connectivity index (χ4n) is 1.80. The van der Waals surface area contributed by atoms with Crippen LogP contribution in [0.15, 0.2) is 9.85 Å². The average molecular weight is 304 g/mol. The van der Waals surface area contributed by atoms with Gasteiger partial charge in [0.15, 0.2) is 0 Å². The number of halogens is 1. The van der Waals surface area contributed by atoms with Gasteiger partial charge in [-0.2, -0.15) is 0 Å². The molecule has 92 valence electrons. The second-order valence-corrected chi connectivity index (χ2v) is 7.05. The number of hydrogen-bond donors (Lipinski definition) is 1. The molecule has 0 aliphatic rings. The zero-order valence-electron chi connectivity index (χ0n) is 10.5. The van der Waals surface area contributed by atoms with Crippen LogP contribution in [-0.2, 0) is 6.42 Å². The van der Waals surface area contributed by atoms with E-state index in [0.29, 0.717) is 0 Å². The molecular weight excluding hydrogens is 282 g/mol. The van der Waals surface area contributed by atoms with E-state index >= 15 is 0 Å². The van der Waals surface area contributed by atoms with Gasteiger partial charge in [-0.05, 0) is 72.8 Å². The standard InChI is InChI=1S/C13H22BrNS/c1-4-15-8-7-10(2)5-6-12-9-13(14)16-11(12)3/h9-10,15H,4-8H2,1-3H3. The summed E-state index contributed by atoms with van der Waals surface area (Å²) in [6.07, 6.45) is 3.81. The summed E-state index contributed by atoms with van der Waals surface area (Å²) in [5.41, 5.74) is 1.52. The first-order chi connectivity index (χ1) is 7.63. The molecule has 3 heteroatoms. The molecule has 0 bridgehead atoms. The van der Waals surface area contributed by atoms with Crippen LogP contribution in [0.1, 0.15) is 37.1 Å². The average Bonchev–Trinajstić information content (AvgIpc) is 2.55. The molecule has 1 N–H and O–H groups in total. The molecular formula is C13H22BrNS. The summed E-state index contributed by atoms with van der Waals surface area (Å²) in [6, 6.07) is 2.27. The fraction of sp³-hybridized carbons (Fsp3) is 0.692. The van der Waals surface area contributed by atoms with Crippen molar-refractivity contribution < 1.29 is 0 Å². The Bertz CT molecular complexity index is 309. The smallest absolute Gasteiger partial charge is 0.0704 e. The predicted octanol–water partition coefficient (Wildman–Crippen LogP) is 4.39. The highest BCUT2D eigenvalue weighted by molar-refractivity contribution is 9.11. The van der Waals surface area contributed by atoms with Crippen molar-refractivity contribution in [3.05, 3.63) is 20.3 Å². The Kier molecular flexibility index (Phi) is 6.62. The molecule has 1 aromatic heterocycles. The highest BCUT2D eigenvalue weighted by atomic mass is 79.9. The molecule has 16 heavy (non-hydrogen) atoms. The summed E-state index contributed by atoms with van der Waals surface area (Å²) in [6.45, 7) is 8.98. The van der Waals surface area contributed by atoms with Crippen molar-refractivity contribution in [2.45, 2.75) is 40.0 Å². The van der Waals surface area contributed by atoms with Crippen LogP contribution in [0, 0.1) is 12.8 Å². The Morgan fingerprint density at radius 1 is 1.44 bits per heavy atom. The predicted molar refractivity (Wildman–Crippen MR) is 77.4 cm³/mol. The summed E-state index contributed by atoms with van der Waals surface area (Å²) in [7, 11) is 0. The van der Waals surface area contributed by atoms with E-state index in [2.05, 4.69) is 48.1 Å². The summed E-state index contributed by atoms with van der Waals surface area (Å²) in [5.74, 6) is 0.817. The molecule has 0 amide bonds. The molecule has 0 radical (unpaired) electrons. The maximum Gasteiger partial charge on any atom is 0.0704 e. The van der Waals surface area contributed by atoms with Crippen molar-refractivity contribution in [3.8, 4) is 0 Å². The van der Waals surface area contributed by atoms with Crippen molar-refractivity contribution in [1.82, 2.24) is 5.32 Å². The topological polar surface area (TPSA) is 12.0 Å². The molecule has 1 heterocycles. The van der Waals surface area contributed by atoms with E-state index in [-0.39, 0.29) is 0 Å². The van der Waals surface area contributed by atoms with E-state index in [1.807, 2.05) is 11.3 Å². The minimum absolute atomic E-state index is 0.817. The molecule has 0 spiro atoms. The maximum absolute atomic E-state index is 3.55. The van der Waals surface area contributed by atoms with Gasteiger partial charge in [-0.15, -0.1) is 11.3 Å². The van der Waals surface area contributed by atoms with Gasteiger partial charge in [-0.25, -0.2) is 0 Å². The molecule has 1 nitrogen and oxygen atoms in total. The Hall–Kier alpha value is 0.140. The lowest BCUT2D eigenvalue weighted by Gasteiger charge is -2.11. The summed E-state index contributed by atoms with van der Waals surface area (Å²) in [4.78, 5) is 1.46. The van der Waals surface area contributed by atoms with Crippen LogP contribution >= 0.6 is 27.3 Å². The first kappa shape index (κ1) is 14.2. The fourth-order valence-corrected chi connectivity index (χ4v) is 3.59. The Morgan fingerprint density at radius 3 is 2.75 bits per heavy atom. The third-order valence-electron chi connectivity index (χ3n) is 2.96. The van der Waals surface area contributed by atoms with Crippen molar-refractivity contribution in [2.75, 3.05) is 13.1 Å². The Morgan fingerprint density at radius 2 is 2.19 bits per heavy atom. The van der Waals surface area contributed by atoms with E-state index in [1.165, 1.54) is 33.5 Å². The van der Waals surface area contributed by atoms with Gasteiger partial charge in [-0.1, -0.05) is 13.8 Å². The van der Waals surface area contributed by atoms with Crippen molar-refractivity contribution in [2.24, 2.45) is 5.92 Å². The van der Waals surface area contributed by atoms with E-state index in [0.717, 1.165) is 19.0 Å². The van der Waals surface area contributed by atoms with Crippen LogP contribution in [0.5, 0.6) is 0 Å². The van der Waals surface area contributed by atoms with Crippen LogP contribution in [0.2, 0.25) is 0 Å². The van der Waals surface area contributed by atoms with Gasteiger partial charge in [0.25, 0.3) is 0 Å². The SMILES string of the molecule is CCNCCC(C)CCc1cc(Br)sc1C. The molecule has 1 unspecified atom stereocenters. The van der Waals surface area contributed by atoms with Gasteiger partial charge < -0.3 is 5.32 Å². The largest absolute Gasteiger partial charge is 0.317 e. The number of thiophene rings is 1. The van der Waals surface area contributed by atoms with Gasteiger partial charge in [0.05, 0.1) is 3.79 Å². The summed E-state index contributed by atoms with van der Waals surface area (Å²) in [5, 5.41) is 3.39. The van der Waals surface area contributed by atoms with E-state index in [1.54, 1.807) is 0 Å². The summed E-state index contributed by atoms with van der Waals surface area (Å²) >= 11 is 5.40. The normalized spacial score (nSPS) is 13.0. The van der Waals surface area contributed by atoms with Crippen LogP contribution in [0.25, 0.3) is 0 Å². The van der Waals surface area contributed by atoms with Crippen LogP contribution in [-0.4, -0.2) is 13.1 Å². The van der Waals surface area contributed by atoms with Gasteiger partial charge in [0.1, 0.15) is 0 Å². The molecule has 0 saturated heterocycles. The lowest BCUT2D eigenvalue weighted by Crippen LogP contribution is -2.16. The van der Waals surface area contributed by atoms with Gasteiger partial charge in [0.2, 0.25) is 0 Å². The minimum Gasteiger partial charge on any atom is -0.317 e. The van der Waals surface area contributed by atoms with Crippen molar-refractivity contribution in [1.29, 1.82) is 0 Å². The van der Waals surface area contributed by atoms with E-state index in [9.17, 15) is 0 Å². The monoisotopic (exact) mass is 303 g/mol. The molecule has 0 saturated carbocycles. The van der Waals surface area contributed by atoms with Crippen LogP contribution in [0.3, 0.4) is 0 Å². The minimum atomic E-state index is 0.817. The molecule has 1 atom stereocenters. The first-order valence-electron chi connectivity index (χ1n) is 6.09. The maximum atomic E-state index is 3.55. The van der Waals surface area contributed by atoms with Gasteiger partial charge >= 0.3 is 0 Å². The quantitative estimate of drug-likeness (QED) is 0.737. The lowest BCUT2D eigenvalue weighted by atomic mass is 9.99. The number of aryl methyl sites for hydroxylation is 2. The molecule has 0 aromatic carbocycles. The van der Waals surface area contributed by atoms with E-state index in [4.69, 9.17) is 0 Å². The number of nitrogens with one attached hydrogen (secondary N) is 1. The Labute approximate surface area is 112 Å². The highest BCUT2D eigenvalue weighted by Crippen LogP contribution is 2.28.